The molecule has 0 aromatic heterocycles. The van der Waals surface area contributed by atoms with E-state index in [1.807, 2.05) is 6.07 Å². The van der Waals surface area contributed by atoms with Gasteiger partial charge >= 0.3 is 0 Å². The molecule has 2 aliphatic rings. The monoisotopic (exact) mass is 365 g/mol. The SMILES string of the molecule is O[C@@H]1CCC[C@]12CCCN(Cc1ccc(OCCc3ccccc3)cc1)C2. The summed E-state index contributed by atoms with van der Waals surface area (Å²) in [6, 6.07) is 19.0. The molecule has 2 aromatic rings. The largest absolute Gasteiger partial charge is 0.493 e. The topological polar surface area (TPSA) is 32.7 Å². The average molecular weight is 366 g/mol. The highest BCUT2D eigenvalue weighted by Crippen LogP contribution is 2.45. The third-order valence-electron chi connectivity index (χ3n) is 6.38. The lowest BCUT2D eigenvalue weighted by Gasteiger charge is -2.42. The van der Waals surface area contributed by atoms with Gasteiger partial charge in [0, 0.05) is 24.9 Å². The fourth-order valence-electron chi connectivity index (χ4n) is 4.87. The van der Waals surface area contributed by atoms with E-state index in [2.05, 4.69) is 53.4 Å². The second-order valence-corrected chi connectivity index (χ2v) is 8.31. The Morgan fingerprint density at radius 3 is 2.48 bits per heavy atom. The predicted octanol–water partition coefficient (Wildman–Crippen LogP) is 4.44. The van der Waals surface area contributed by atoms with Crippen LogP contribution < -0.4 is 4.74 Å². The first kappa shape index (κ1) is 18.5. The van der Waals surface area contributed by atoms with Crippen molar-refractivity contribution in [3.05, 3.63) is 65.7 Å². The molecule has 1 aliphatic carbocycles. The van der Waals surface area contributed by atoms with Gasteiger partial charge in [0.25, 0.3) is 0 Å². The number of benzene rings is 2. The van der Waals surface area contributed by atoms with E-state index in [1.165, 1.54) is 36.8 Å². The van der Waals surface area contributed by atoms with E-state index in [0.717, 1.165) is 38.2 Å². The van der Waals surface area contributed by atoms with E-state index < -0.39 is 0 Å². The number of hydrogen-bond acceptors (Lipinski definition) is 3. The zero-order valence-electron chi connectivity index (χ0n) is 16.1. The van der Waals surface area contributed by atoms with Gasteiger partial charge in [0.1, 0.15) is 5.75 Å². The van der Waals surface area contributed by atoms with E-state index in [0.29, 0.717) is 6.61 Å². The van der Waals surface area contributed by atoms with E-state index in [-0.39, 0.29) is 11.5 Å². The van der Waals surface area contributed by atoms with E-state index >= 15 is 0 Å². The zero-order valence-corrected chi connectivity index (χ0v) is 16.1. The Kier molecular flexibility index (Phi) is 5.80. The molecule has 0 unspecified atom stereocenters. The summed E-state index contributed by atoms with van der Waals surface area (Å²) in [5.74, 6) is 0.941. The molecule has 2 aromatic carbocycles. The third-order valence-corrected chi connectivity index (χ3v) is 6.38. The molecule has 1 heterocycles. The molecular weight excluding hydrogens is 334 g/mol. The molecule has 1 saturated heterocycles. The lowest BCUT2D eigenvalue weighted by molar-refractivity contribution is -0.0120. The summed E-state index contributed by atoms with van der Waals surface area (Å²) in [5, 5.41) is 10.4. The first-order chi connectivity index (χ1) is 13.2. The number of nitrogens with zero attached hydrogens (tertiary/aromatic N) is 1. The highest BCUT2D eigenvalue weighted by molar-refractivity contribution is 5.27. The normalized spacial score (nSPS) is 25.7. The molecule has 2 fully saturated rings. The maximum atomic E-state index is 10.4. The summed E-state index contributed by atoms with van der Waals surface area (Å²) in [6.45, 7) is 3.86. The Hall–Kier alpha value is -1.84. The number of ether oxygens (including phenoxy) is 1. The third kappa shape index (κ3) is 4.53. The second-order valence-electron chi connectivity index (χ2n) is 8.31. The van der Waals surface area contributed by atoms with Crippen LogP contribution in [0.25, 0.3) is 0 Å². The van der Waals surface area contributed by atoms with Crippen LogP contribution in [0.2, 0.25) is 0 Å². The minimum absolute atomic E-state index is 0.0966. The smallest absolute Gasteiger partial charge is 0.119 e. The van der Waals surface area contributed by atoms with Gasteiger partial charge in [-0.15, -0.1) is 0 Å². The summed E-state index contributed by atoms with van der Waals surface area (Å²) in [4.78, 5) is 2.53. The van der Waals surface area contributed by atoms with Crippen molar-refractivity contribution in [1.82, 2.24) is 4.90 Å². The van der Waals surface area contributed by atoms with Crippen molar-refractivity contribution in [2.24, 2.45) is 5.41 Å². The molecule has 1 spiro atoms. The summed E-state index contributed by atoms with van der Waals surface area (Å²) in [6.07, 6.45) is 6.60. The lowest BCUT2D eigenvalue weighted by atomic mass is 9.76. The number of likely N-dealkylation sites (tertiary alicyclic amines) is 1. The maximum Gasteiger partial charge on any atom is 0.119 e. The predicted molar refractivity (Wildman–Crippen MR) is 109 cm³/mol. The fourth-order valence-corrected chi connectivity index (χ4v) is 4.87. The molecule has 27 heavy (non-hydrogen) atoms. The first-order valence-corrected chi connectivity index (χ1v) is 10.4. The lowest BCUT2D eigenvalue weighted by Crippen LogP contribution is -2.46. The maximum absolute atomic E-state index is 10.4. The summed E-state index contributed by atoms with van der Waals surface area (Å²) >= 11 is 0. The molecule has 1 saturated carbocycles. The van der Waals surface area contributed by atoms with Gasteiger partial charge in [0.05, 0.1) is 12.7 Å². The standard InChI is InChI=1S/C24H31NO2/c26-23-8-4-14-24(23)15-5-16-25(19-24)18-21-9-11-22(12-10-21)27-17-13-20-6-2-1-3-7-20/h1-3,6-7,9-12,23,26H,4-5,8,13-19H2/t23-,24-/m1/s1. The van der Waals surface area contributed by atoms with Crippen molar-refractivity contribution < 1.29 is 9.84 Å². The Morgan fingerprint density at radius 1 is 0.963 bits per heavy atom. The summed E-state index contributed by atoms with van der Waals surface area (Å²) < 4.78 is 5.90. The van der Waals surface area contributed by atoms with E-state index in [1.54, 1.807) is 0 Å². The van der Waals surface area contributed by atoms with Gasteiger partial charge in [-0.05, 0) is 55.5 Å². The number of hydrogen-bond donors (Lipinski definition) is 1. The number of aliphatic hydroxyl groups excluding tert-OH is 1. The molecule has 1 N–H and O–H groups in total. The quantitative estimate of drug-likeness (QED) is 0.822. The van der Waals surface area contributed by atoms with Crippen LogP contribution in [0, 0.1) is 5.41 Å². The minimum Gasteiger partial charge on any atom is -0.493 e. The Bertz CT molecular complexity index is 715. The van der Waals surface area contributed by atoms with Crippen LogP contribution in [-0.4, -0.2) is 35.8 Å². The molecule has 2 atom stereocenters. The highest BCUT2D eigenvalue weighted by Gasteiger charge is 2.44. The van der Waals surface area contributed by atoms with Gasteiger partial charge in [-0.25, -0.2) is 0 Å². The van der Waals surface area contributed by atoms with Crippen molar-refractivity contribution in [2.45, 2.75) is 51.2 Å². The van der Waals surface area contributed by atoms with Crippen molar-refractivity contribution in [2.75, 3.05) is 19.7 Å². The van der Waals surface area contributed by atoms with E-state index in [9.17, 15) is 5.11 Å². The average Bonchev–Trinajstić information content (AvgIpc) is 3.03. The van der Waals surface area contributed by atoms with Gasteiger partial charge in [0.15, 0.2) is 0 Å². The summed E-state index contributed by atoms with van der Waals surface area (Å²) in [5.41, 5.74) is 2.80. The van der Waals surface area contributed by atoms with Gasteiger partial charge < -0.3 is 9.84 Å². The number of aliphatic hydroxyl groups is 1. The first-order valence-electron chi connectivity index (χ1n) is 10.4. The molecule has 0 bridgehead atoms. The highest BCUT2D eigenvalue weighted by atomic mass is 16.5. The number of rotatable bonds is 6. The molecule has 4 rings (SSSR count). The Morgan fingerprint density at radius 2 is 1.74 bits per heavy atom. The van der Waals surface area contributed by atoms with Crippen molar-refractivity contribution >= 4 is 0 Å². The van der Waals surface area contributed by atoms with Crippen LogP contribution >= 0.6 is 0 Å². The minimum atomic E-state index is -0.0966. The second kappa shape index (κ2) is 8.45. The van der Waals surface area contributed by atoms with E-state index in [4.69, 9.17) is 4.74 Å². The molecule has 3 nitrogen and oxygen atoms in total. The Labute approximate surface area is 163 Å². The van der Waals surface area contributed by atoms with Crippen LogP contribution in [0.15, 0.2) is 54.6 Å². The van der Waals surface area contributed by atoms with Crippen molar-refractivity contribution in [3.63, 3.8) is 0 Å². The van der Waals surface area contributed by atoms with Gasteiger partial charge in [-0.3, -0.25) is 4.90 Å². The van der Waals surface area contributed by atoms with Gasteiger partial charge in [0.2, 0.25) is 0 Å². The fraction of sp³-hybridized carbons (Fsp3) is 0.500. The molecule has 3 heteroatoms. The Balaban J connectivity index is 1.27. The van der Waals surface area contributed by atoms with Crippen molar-refractivity contribution in [3.8, 4) is 5.75 Å². The van der Waals surface area contributed by atoms with Gasteiger partial charge in [-0.2, -0.15) is 0 Å². The molecule has 144 valence electrons. The van der Waals surface area contributed by atoms with Crippen LogP contribution in [0.3, 0.4) is 0 Å². The van der Waals surface area contributed by atoms with Crippen LogP contribution in [0.1, 0.15) is 43.2 Å². The molecule has 0 radical (unpaired) electrons. The molecule has 0 amide bonds. The van der Waals surface area contributed by atoms with Crippen molar-refractivity contribution in [1.29, 1.82) is 0 Å². The zero-order chi connectivity index (χ0) is 18.5. The summed E-state index contributed by atoms with van der Waals surface area (Å²) in [7, 11) is 0. The van der Waals surface area contributed by atoms with Crippen LogP contribution in [0.5, 0.6) is 5.75 Å². The van der Waals surface area contributed by atoms with Crippen LogP contribution in [-0.2, 0) is 13.0 Å². The number of piperidine rings is 1. The van der Waals surface area contributed by atoms with Gasteiger partial charge in [-0.1, -0.05) is 48.9 Å². The van der Waals surface area contributed by atoms with Crippen LogP contribution in [0.4, 0.5) is 0 Å². The molecular formula is C24H31NO2. The molecule has 1 aliphatic heterocycles.